The Bertz CT molecular complexity index is 1220. The van der Waals surface area contributed by atoms with Gasteiger partial charge in [0.25, 0.3) is 0 Å². The lowest BCUT2D eigenvalue weighted by atomic mass is 10.1. The summed E-state index contributed by atoms with van der Waals surface area (Å²) in [6.45, 7) is 3.85. The van der Waals surface area contributed by atoms with Crippen LogP contribution >= 0.6 is 11.3 Å². The molecule has 2 N–H and O–H groups in total. The van der Waals surface area contributed by atoms with E-state index in [1.807, 2.05) is 26.0 Å². The topological polar surface area (TPSA) is 122 Å². The number of hydrogen-bond acceptors (Lipinski definition) is 8. The molecule has 0 aliphatic carbocycles. The van der Waals surface area contributed by atoms with Gasteiger partial charge in [0.05, 0.1) is 30.5 Å². The summed E-state index contributed by atoms with van der Waals surface area (Å²) in [7, 11) is 0. The van der Waals surface area contributed by atoms with E-state index in [-0.39, 0.29) is 55.4 Å². The number of anilines is 1. The van der Waals surface area contributed by atoms with Crippen LogP contribution in [0, 0.1) is 6.92 Å². The van der Waals surface area contributed by atoms with Crippen molar-refractivity contribution in [2.75, 3.05) is 5.32 Å². The van der Waals surface area contributed by atoms with Gasteiger partial charge in [0.2, 0.25) is 17.7 Å². The number of carbonyl (C=O) groups is 3. The summed E-state index contributed by atoms with van der Waals surface area (Å²) in [5.41, 5.74) is 1.92. The number of pyridine rings is 1. The van der Waals surface area contributed by atoms with E-state index in [2.05, 4.69) is 15.3 Å². The zero-order chi connectivity index (χ0) is 24.9. The van der Waals surface area contributed by atoms with Crippen molar-refractivity contribution in [2.45, 2.75) is 52.2 Å². The molecule has 0 unspecified atom stereocenters. The quantitative estimate of drug-likeness (QED) is 0.437. The maximum Gasteiger partial charge on any atom is 0.232 e. The van der Waals surface area contributed by atoms with Crippen molar-refractivity contribution in [1.82, 2.24) is 14.9 Å². The number of hydrogen-bond donors (Lipinski definition) is 2. The summed E-state index contributed by atoms with van der Waals surface area (Å²) in [6, 6.07) is 10.3. The first-order chi connectivity index (χ1) is 16.7. The number of aromatic hydroxyl groups is 1. The number of nitrogens with zero attached hydrogens (tertiary/aromatic N) is 3. The minimum Gasteiger partial charge on any atom is -0.508 e. The van der Waals surface area contributed by atoms with Crippen LogP contribution < -0.4 is 10.1 Å². The van der Waals surface area contributed by atoms with E-state index in [4.69, 9.17) is 4.74 Å². The van der Waals surface area contributed by atoms with Gasteiger partial charge in [-0.25, -0.2) is 4.98 Å². The number of rotatable bonds is 9. The predicted molar refractivity (Wildman–Crippen MR) is 130 cm³/mol. The fourth-order valence-corrected chi connectivity index (χ4v) is 4.48. The van der Waals surface area contributed by atoms with Crippen LogP contribution in [0.5, 0.6) is 11.5 Å². The molecule has 35 heavy (non-hydrogen) atoms. The fraction of sp³-hybridized carbons (Fsp3) is 0.320. The molecule has 1 aliphatic rings. The Labute approximate surface area is 206 Å². The molecular formula is C25H26N4O5S. The molecule has 0 spiro atoms. The van der Waals surface area contributed by atoms with Gasteiger partial charge in [0, 0.05) is 42.5 Å². The van der Waals surface area contributed by atoms with Crippen LogP contribution in [-0.4, -0.2) is 43.8 Å². The summed E-state index contributed by atoms with van der Waals surface area (Å²) < 4.78 is 6.12. The van der Waals surface area contributed by atoms with Gasteiger partial charge in [-0.2, -0.15) is 0 Å². The third-order valence-corrected chi connectivity index (χ3v) is 6.21. The van der Waals surface area contributed by atoms with Crippen LogP contribution in [0.2, 0.25) is 0 Å². The lowest BCUT2D eigenvalue weighted by Gasteiger charge is -2.18. The molecule has 1 aromatic carbocycles. The summed E-state index contributed by atoms with van der Waals surface area (Å²) in [4.78, 5) is 47.6. The monoisotopic (exact) mass is 494 g/mol. The number of benzene rings is 1. The summed E-state index contributed by atoms with van der Waals surface area (Å²) in [6.07, 6.45) is 2.44. The number of ether oxygens (including phenoxy) is 1. The molecule has 0 radical (unpaired) electrons. The van der Waals surface area contributed by atoms with E-state index < -0.39 is 0 Å². The minimum atomic E-state index is -0.277. The minimum absolute atomic E-state index is 0.0168. The van der Waals surface area contributed by atoms with Crippen LogP contribution in [0.1, 0.15) is 41.6 Å². The van der Waals surface area contributed by atoms with E-state index in [1.165, 1.54) is 16.2 Å². The van der Waals surface area contributed by atoms with E-state index >= 15 is 0 Å². The molecule has 182 valence electrons. The highest BCUT2D eigenvalue weighted by Crippen LogP contribution is 2.23. The lowest BCUT2D eigenvalue weighted by Crippen LogP contribution is -2.29. The Balaban J connectivity index is 1.51. The largest absolute Gasteiger partial charge is 0.508 e. The summed E-state index contributed by atoms with van der Waals surface area (Å²) in [5.74, 6) is -0.0545. The Morgan fingerprint density at radius 3 is 2.51 bits per heavy atom. The Morgan fingerprint density at radius 1 is 1.17 bits per heavy atom. The van der Waals surface area contributed by atoms with Crippen LogP contribution in [-0.2, 0) is 33.8 Å². The second-order valence-electron chi connectivity index (χ2n) is 8.46. The van der Waals surface area contributed by atoms with Crippen molar-refractivity contribution in [1.29, 1.82) is 0 Å². The standard InChI is InChI=1S/C25H26N4O5S/c1-15(9-17-3-5-20(30)6-4-17)34-21-10-18(12-22(31)28-25-26-13-16(2)35-25)27-19(11-21)14-29-23(32)7-8-24(29)33/h3-6,10-11,13,15,30H,7-9,12,14H2,1-2H3,(H,26,28,31)/t15-/m0/s1. The summed E-state index contributed by atoms with van der Waals surface area (Å²) >= 11 is 1.38. The first kappa shape index (κ1) is 24.3. The third-order valence-electron chi connectivity index (χ3n) is 5.39. The van der Waals surface area contributed by atoms with Gasteiger partial charge >= 0.3 is 0 Å². The average Bonchev–Trinajstić information content (AvgIpc) is 3.34. The Hall–Kier alpha value is -3.79. The number of imide groups is 1. The number of likely N-dealkylation sites (tertiary alicyclic amines) is 1. The highest BCUT2D eigenvalue weighted by Gasteiger charge is 2.29. The Kier molecular flexibility index (Phi) is 7.40. The highest BCUT2D eigenvalue weighted by atomic mass is 32.1. The number of aromatic nitrogens is 2. The first-order valence-electron chi connectivity index (χ1n) is 11.2. The number of phenols is 1. The maximum absolute atomic E-state index is 12.6. The molecule has 4 rings (SSSR count). The predicted octanol–water partition coefficient (Wildman–Crippen LogP) is 3.39. The van der Waals surface area contributed by atoms with Gasteiger partial charge in [-0.3, -0.25) is 24.3 Å². The Morgan fingerprint density at radius 2 is 1.86 bits per heavy atom. The van der Waals surface area contributed by atoms with E-state index in [9.17, 15) is 19.5 Å². The van der Waals surface area contributed by atoms with E-state index in [0.29, 0.717) is 28.7 Å². The van der Waals surface area contributed by atoms with E-state index in [1.54, 1.807) is 30.5 Å². The van der Waals surface area contributed by atoms with Gasteiger partial charge in [-0.15, -0.1) is 11.3 Å². The van der Waals surface area contributed by atoms with Crippen molar-refractivity contribution in [3.8, 4) is 11.5 Å². The molecule has 10 heteroatoms. The van der Waals surface area contributed by atoms with Crippen molar-refractivity contribution in [3.63, 3.8) is 0 Å². The molecule has 3 amide bonds. The molecule has 1 saturated heterocycles. The second-order valence-corrected chi connectivity index (χ2v) is 9.69. The molecule has 0 saturated carbocycles. The van der Waals surface area contributed by atoms with Gasteiger partial charge < -0.3 is 15.2 Å². The zero-order valence-corrected chi connectivity index (χ0v) is 20.3. The molecule has 9 nitrogen and oxygen atoms in total. The molecule has 0 bridgehead atoms. The maximum atomic E-state index is 12.6. The second kappa shape index (κ2) is 10.6. The SMILES string of the molecule is Cc1cnc(NC(=O)Cc2cc(O[C@@H](C)Cc3ccc(O)cc3)cc(CN3C(=O)CCC3=O)n2)s1. The number of aryl methyl sites for hydroxylation is 1. The third kappa shape index (κ3) is 6.63. The van der Waals surface area contributed by atoms with Crippen LogP contribution in [0.25, 0.3) is 0 Å². The van der Waals surface area contributed by atoms with Crippen molar-refractivity contribution >= 4 is 34.2 Å². The normalized spacial score (nSPS) is 14.3. The lowest BCUT2D eigenvalue weighted by molar-refractivity contribution is -0.139. The van der Waals surface area contributed by atoms with Crippen LogP contribution in [0.3, 0.4) is 0 Å². The molecule has 3 aromatic rings. The van der Waals surface area contributed by atoms with Gasteiger partial charge in [0.1, 0.15) is 11.5 Å². The summed E-state index contributed by atoms with van der Waals surface area (Å²) in [5, 5.41) is 12.8. The number of phenolic OH excluding ortho intramolecular Hbond substituents is 1. The first-order valence-corrected chi connectivity index (χ1v) is 12.1. The number of nitrogens with one attached hydrogen (secondary N) is 1. The number of carbonyl (C=O) groups excluding carboxylic acids is 3. The highest BCUT2D eigenvalue weighted by molar-refractivity contribution is 7.15. The average molecular weight is 495 g/mol. The smallest absolute Gasteiger partial charge is 0.232 e. The number of thiazole rings is 1. The molecule has 1 atom stereocenters. The number of amides is 3. The molecular weight excluding hydrogens is 468 g/mol. The van der Waals surface area contributed by atoms with Crippen LogP contribution in [0.4, 0.5) is 5.13 Å². The molecule has 1 fully saturated rings. The van der Waals surface area contributed by atoms with Gasteiger partial charge in [-0.1, -0.05) is 12.1 Å². The molecule has 2 aromatic heterocycles. The van der Waals surface area contributed by atoms with Crippen LogP contribution in [0.15, 0.2) is 42.6 Å². The van der Waals surface area contributed by atoms with Crippen molar-refractivity contribution in [2.24, 2.45) is 0 Å². The molecule has 1 aliphatic heterocycles. The molecule has 3 heterocycles. The van der Waals surface area contributed by atoms with Crippen molar-refractivity contribution in [3.05, 3.63) is 64.4 Å². The van der Waals surface area contributed by atoms with Gasteiger partial charge in [-0.05, 0) is 31.5 Å². The van der Waals surface area contributed by atoms with Gasteiger partial charge in [0.15, 0.2) is 5.13 Å². The van der Waals surface area contributed by atoms with Crippen molar-refractivity contribution < 1.29 is 24.2 Å². The van der Waals surface area contributed by atoms with E-state index in [0.717, 1.165) is 10.4 Å². The fourth-order valence-electron chi connectivity index (χ4n) is 3.80. The zero-order valence-electron chi connectivity index (χ0n) is 19.5.